The fourth-order valence-corrected chi connectivity index (χ4v) is 2.32. The molecule has 1 aliphatic carbocycles. The SMILES string of the molecule is C=CCOC1(C)CCC(C(C)C)CC1. The fraction of sp³-hybridized carbons (Fsp3) is 0.846. The normalized spacial score (nSPS) is 33.3. The topological polar surface area (TPSA) is 9.23 Å². The van der Waals surface area contributed by atoms with Gasteiger partial charge in [0.1, 0.15) is 0 Å². The van der Waals surface area contributed by atoms with Gasteiger partial charge >= 0.3 is 0 Å². The predicted octanol–water partition coefficient (Wildman–Crippen LogP) is 3.79. The molecule has 0 heterocycles. The molecule has 1 rings (SSSR count). The lowest BCUT2D eigenvalue weighted by atomic mass is 9.75. The van der Waals surface area contributed by atoms with Crippen LogP contribution in [0.15, 0.2) is 12.7 Å². The van der Waals surface area contributed by atoms with Gasteiger partial charge < -0.3 is 4.74 Å². The minimum absolute atomic E-state index is 0.125. The van der Waals surface area contributed by atoms with E-state index in [4.69, 9.17) is 4.74 Å². The van der Waals surface area contributed by atoms with E-state index in [0.29, 0.717) is 6.61 Å². The molecule has 0 amide bonds. The molecule has 1 saturated carbocycles. The first-order valence-corrected chi connectivity index (χ1v) is 5.82. The Morgan fingerprint density at radius 2 is 2.00 bits per heavy atom. The van der Waals surface area contributed by atoms with Crippen LogP contribution in [0.1, 0.15) is 46.5 Å². The Kier molecular flexibility index (Phi) is 4.18. The van der Waals surface area contributed by atoms with Crippen LogP contribution in [0.4, 0.5) is 0 Å². The van der Waals surface area contributed by atoms with Gasteiger partial charge in [0.15, 0.2) is 0 Å². The van der Waals surface area contributed by atoms with Crippen molar-refractivity contribution >= 4 is 0 Å². The molecular formula is C13H24O. The van der Waals surface area contributed by atoms with Gasteiger partial charge in [-0.2, -0.15) is 0 Å². The zero-order valence-electron chi connectivity index (χ0n) is 9.88. The summed E-state index contributed by atoms with van der Waals surface area (Å²) in [5.41, 5.74) is 0.125. The third-order valence-electron chi connectivity index (χ3n) is 3.58. The van der Waals surface area contributed by atoms with Crippen LogP contribution in [0, 0.1) is 11.8 Å². The second-order valence-corrected chi connectivity index (χ2v) is 5.13. The molecule has 1 aliphatic rings. The van der Waals surface area contributed by atoms with Crippen molar-refractivity contribution in [3.05, 3.63) is 12.7 Å². The zero-order valence-corrected chi connectivity index (χ0v) is 9.88. The minimum Gasteiger partial charge on any atom is -0.371 e. The van der Waals surface area contributed by atoms with Gasteiger partial charge in [-0.15, -0.1) is 6.58 Å². The Hall–Kier alpha value is -0.300. The maximum absolute atomic E-state index is 5.83. The highest BCUT2D eigenvalue weighted by Crippen LogP contribution is 2.37. The third kappa shape index (κ3) is 3.13. The Bertz CT molecular complexity index is 176. The molecule has 1 heteroatoms. The van der Waals surface area contributed by atoms with E-state index < -0.39 is 0 Å². The van der Waals surface area contributed by atoms with Crippen LogP contribution in [0.25, 0.3) is 0 Å². The summed E-state index contributed by atoms with van der Waals surface area (Å²) < 4.78 is 5.83. The first kappa shape index (κ1) is 11.8. The van der Waals surface area contributed by atoms with Gasteiger partial charge in [0.25, 0.3) is 0 Å². The maximum Gasteiger partial charge on any atom is 0.0659 e. The molecule has 0 unspecified atom stereocenters. The van der Waals surface area contributed by atoms with Crippen molar-refractivity contribution in [2.45, 2.75) is 52.1 Å². The van der Waals surface area contributed by atoms with Crippen LogP contribution < -0.4 is 0 Å². The average molecular weight is 196 g/mol. The summed E-state index contributed by atoms with van der Waals surface area (Å²) in [6.07, 6.45) is 6.92. The van der Waals surface area contributed by atoms with Gasteiger partial charge in [0, 0.05) is 0 Å². The molecule has 0 aromatic rings. The van der Waals surface area contributed by atoms with Crippen molar-refractivity contribution in [1.82, 2.24) is 0 Å². The molecule has 0 saturated heterocycles. The average Bonchev–Trinajstić information content (AvgIpc) is 2.16. The molecule has 0 aromatic heterocycles. The van der Waals surface area contributed by atoms with Gasteiger partial charge in [-0.05, 0) is 44.4 Å². The van der Waals surface area contributed by atoms with Crippen molar-refractivity contribution in [2.75, 3.05) is 6.61 Å². The summed E-state index contributed by atoms with van der Waals surface area (Å²) in [6.45, 7) is 11.3. The second kappa shape index (κ2) is 4.97. The van der Waals surface area contributed by atoms with E-state index in [9.17, 15) is 0 Å². The first-order chi connectivity index (χ1) is 6.57. The highest BCUT2D eigenvalue weighted by atomic mass is 16.5. The largest absolute Gasteiger partial charge is 0.371 e. The van der Waals surface area contributed by atoms with Crippen LogP contribution in [0.2, 0.25) is 0 Å². The molecule has 14 heavy (non-hydrogen) atoms. The van der Waals surface area contributed by atoms with Gasteiger partial charge in [0.05, 0.1) is 12.2 Å². The lowest BCUT2D eigenvalue weighted by molar-refractivity contribution is -0.0555. The Balaban J connectivity index is 2.36. The summed E-state index contributed by atoms with van der Waals surface area (Å²) in [5, 5.41) is 0. The minimum atomic E-state index is 0.125. The zero-order chi connectivity index (χ0) is 10.6. The van der Waals surface area contributed by atoms with E-state index in [-0.39, 0.29) is 5.60 Å². The molecule has 0 radical (unpaired) electrons. The summed E-state index contributed by atoms with van der Waals surface area (Å²) in [4.78, 5) is 0. The smallest absolute Gasteiger partial charge is 0.0659 e. The highest BCUT2D eigenvalue weighted by molar-refractivity contribution is 4.85. The molecule has 0 N–H and O–H groups in total. The standard InChI is InChI=1S/C13H24O/c1-5-10-14-13(4)8-6-12(7-9-13)11(2)3/h5,11-12H,1,6-10H2,2-4H3. The van der Waals surface area contributed by atoms with E-state index in [2.05, 4.69) is 27.4 Å². The van der Waals surface area contributed by atoms with Crippen molar-refractivity contribution in [1.29, 1.82) is 0 Å². The molecule has 1 fully saturated rings. The molecule has 0 aromatic carbocycles. The quantitative estimate of drug-likeness (QED) is 0.621. The van der Waals surface area contributed by atoms with E-state index in [1.54, 1.807) is 0 Å². The van der Waals surface area contributed by atoms with E-state index >= 15 is 0 Å². The molecule has 0 aliphatic heterocycles. The summed E-state index contributed by atoms with van der Waals surface area (Å²) in [7, 11) is 0. The van der Waals surface area contributed by atoms with Crippen LogP contribution in [-0.4, -0.2) is 12.2 Å². The molecule has 1 nitrogen and oxygen atoms in total. The summed E-state index contributed by atoms with van der Waals surface area (Å²) >= 11 is 0. The fourth-order valence-electron chi connectivity index (χ4n) is 2.32. The number of rotatable bonds is 4. The van der Waals surface area contributed by atoms with Crippen molar-refractivity contribution in [3.63, 3.8) is 0 Å². The molecule has 82 valence electrons. The Morgan fingerprint density at radius 1 is 1.43 bits per heavy atom. The lowest BCUT2D eigenvalue weighted by Crippen LogP contribution is -2.35. The Morgan fingerprint density at radius 3 is 2.43 bits per heavy atom. The van der Waals surface area contributed by atoms with Crippen LogP contribution in [-0.2, 0) is 4.74 Å². The van der Waals surface area contributed by atoms with Crippen LogP contribution >= 0.6 is 0 Å². The molecule has 0 atom stereocenters. The van der Waals surface area contributed by atoms with Crippen LogP contribution in [0.5, 0.6) is 0 Å². The molecule has 0 spiro atoms. The van der Waals surface area contributed by atoms with Gasteiger partial charge in [0.2, 0.25) is 0 Å². The summed E-state index contributed by atoms with van der Waals surface area (Å²) in [6, 6.07) is 0. The summed E-state index contributed by atoms with van der Waals surface area (Å²) in [5.74, 6) is 1.74. The number of hydrogen-bond acceptors (Lipinski definition) is 1. The van der Waals surface area contributed by atoms with Crippen molar-refractivity contribution < 1.29 is 4.74 Å². The van der Waals surface area contributed by atoms with Crippen LogP contribution in [0.3, 0.4) is 0 Å². The number of ether oxygens (including phenoxy) is 1. The molecular weight excluding hydrogens is 172 g/mol. The monoisotopic (exact) mass is 196 g/mol. The third-order valence-corrected chi connectivity index (χ3v) is 3.58. The van der Waals surface area contributed by atoms with E-state index in [1.807, 2.05) is 6.08 Å². The van der Waals surface area contributed by atoms with E-state index in [1.165, 1.54) is 25.7 Å². The lowest BCUT2D eigenvalue weighted by Gasteiger charge is -2.38. The maximum atomic E-state index is 5.83. The second-order valence-electron chi connectivity index (χ2n) is 5.13. The number of hydrogen-bond donors (Lipinski definition) is 0. The van der Waals surface area contributed by atoms with Gasteiger partial charge in [-0.1, -0.05) is 19.9 Å². The van der Waals surface area contributed by atoms with Gasteiger partial charge in [-0.25, -0.2) is 0 Å². The van der Waals surface area contributed by atoms with Crippen molar-refractivity contribution in [2.24, 2.45) is 11.8 Å². The van der Waals surface area contributed by atoms with E-state index in [0.717, 1.165) is 11.8 Å². The van der Waals surface area contributed by atoms with Crippen molar-refractivity contribution in [3.8, 4) is 0 Å². The van der Waals surface area contributed by atoms with Gasteiger partial charge in [-0.3, -0.25) is 0 Å². The first-order valence-electron chi connectivity index (χ1n) is 5.82. The Labute approximate surface area is 88.5 Å². The molecule has 0 bridgehead atoms. The highest BCUT2D eigenvalue weighted by Gasteiger charge is 2.32. The predicted molar refractivity (Wildman–Crippen MR) is 61.4 cm³/mol.